The molecule has 0 aliphatic carbocycles. The van der Waals surface area contributed by atoms with Gasteiger partial charge in [0, 0.05) is 38.6 Å². The maximum atomic E-state index is 11.8. The molecule has 146 valence electrons. The number of carbonyl (C=O) groups excluding carboxylic acids is 1. The minimum absolute atomic E-state index is 0.212. The van der Waals surface area contributed by atoms with Gasteiger partial charge in [-0.05, 0) is 37.8 Å². The number of furan rings is 1. The molecule has 0 spiro atoms. The summed E-state index contributed by atoms with van der Waals surface area (Å²) in [5.74, 6) is 2.30. The molecule has 0 saturated carbocycles. The molecule has 2 heterocycles. The Hall–Kier alpha value is -2.18. The Balaban J connectivity index is 1.80. The maximum absolute atomic E-state index is 11.8. The molecule has 0 atom stereocenters. The van der Waals surface area contributed by atoms with Crippen molar-refractivity contribution in [2.75, 3.05) is 32.8 Å². The van der Waals surface area contributed by atoms with E-state index < -0.39 is 0 Å². The Morgan fingerprint density at radius 1 is 1.42 bits per heavy atom. The molecule has 1 aliphatic heterocycles. The molecular weight excluding hydrogens is 332 g/mol. The number of aliphatic imine (C=N–C) groups is 1. The lowest BCUT2D eigenvalue weighted by atomic mass is 10.1. The molecule has 0 bridgehead atoms. The van der Waals surface area contributed by atoms with Gasteiger partial charge in [-0.15, -0.1) is 0 Å². The van der Waals surface area contributed by atoms with Crippen LogP contribution in [0.1, 0.15) is 39.4 Å². The van der Waals surface area contributed by atoms with Crippen LogP contribution in [0.4, 0.5) is 4.79 Å². The average Bonchev–Trinajstić information content (AvgIpc) is 3.13. The van der Waals surface area contributed by atoms with Gasteiger partial charge in [0.15, 0.2) is 5.96 Å². The van der Waals surface area contributed by atoms with Gasteiger partial charge in [-0.3, -0.25) is 4.99 Å². The number of likely N-dealkylation sites (tertiary alicyclic amines) is 1. The fourth-order valence-corrected chi connectivity index (χ4v) is 2.80. The van der Waals surface area contributed by atoms with Crippen LogP contribution in [0.5, 0.6) is 0 Å². The molecule has 7 nitrogen and oxygen atoms in total. The Bertz CT molecular complexity index is 549. The molecule has 1 amide bonds. The summed E-state index contributed by atoms with van der Waals surface area (Å²) in [6.45, 7) is 9.52. The number of carbonyl (C=O) groups is 1. The number of hydrogen-bond acceptors (Lipinski definition) is 4. The second kappa shape index (κ2) is 10.7. The van der Waals surface area contributed by atoms with Crippen LogP contribution in [0.3, 0.4) is 0 Å². The molecule has 2 N–H and O–H groups in total. The predicted molar refractivity (Wildman–Crippen MR) is 102 cm³/mol. The topological polar surface area (TPSA) is 79.1 Å². The molecule has 0 radical (unpaired) electrons. The SMILES string of the molecule is CCOC(=O)N1CCC(NC(=NCC(C)C)NCCc2ccco2)CC1. The number of piperidine rings is 1. The summed E-state index contributed by atoms with van der Waals surface area (Å²) in [7, 11) is 0. The summed E-state index contributed by atoms with van der Waals surface area (Å²) in [4.78, 5) is 18.2. The van der Waals surface area contributed by atoms with Crippen molar-refractivity contribution in [2.45, 2.75) is 46.1 Å². The van der Waals surface area contributed by atoms with Crippen LogP contribution < -0.4 is 10.6 Å². The molecule has 1 aromatic heterocycles. The van der Waals surface area contributed by atoms with Gasteiger partial charge in [-0.1, -0.05) is 13.8 Å². The summed E-state index contributed by atoms with van der Waals surface area (Å²) in [5.41, 5.74) is 0. The first-order valence-electron chi connectivity index (χ1n) is 9.57. The zero-order valence-electron chi connectivity index (χ0n) is 16.2. The van der Waals surface area contributed by atoms with E-state index in [1.54, 1.807) is 11.2 Å². The van der Waals surface area contributed by atoms with Gasteiger partial charge < -0.3 is 24.7 Å². The van der Waals surface area contributed by atoms with Crippen LogP contribution in [0.2, 0.25) is 0 Å². The summed E-state index contributed by atoms with van der Waals surface area (Å²) >= 11 is 0. The van der Waals surface area contributed by atoms with Gasteiger partial charge >= 0.3 is 6.09 Å². The van der Waals surface area contributed by atoms with Crippen molar-refractivity contribution in [3.63, 3.8) is 0 Å². The van der Waals surface area contributed by atoms with Crippen molar-refractivity contribution in [1.29, 1.82) is 0 Å². The van der Waals surface area contributed by atoms with E-state index in [0.717, 1.165) is 44.1 Å². The van der Waals surface area contributed by atoms with Gasteiger partial charge in [0.1, 0.15) is 5.76 Å². The van der Waals surface area contributed by atoms with Gasteiger partial charge in [0.2, 0.25) is 0 Å². The number of ether oxygens (including phenoxy) is 1. The zero-order valence-corrected chi connectivity index (χ0v) is 16.2. The van der Waals surface area contributed by atoms with E-state index in [4.69, 9.17) is 9.15 Å². The highest BCUT2D eigenvalue weighted by Gasteiger charge is 2.24. The second-order valence-electron chi connectivity index (χ2n) is 6.94. The van der Waals surface area contributed by atoms with Crippen LogP contribution in [0.15, 0.2) is 27.8 Å². The first kappa shape index (κ1) is 20.1. The molecule has 0 aromatic carbocycles. The van der Waals surface area contributed by atoms with Crippen LogP contribution in [-0.4, -0.2) is 55.8 Å². The largest absolute Gasteiger partial charge is 0.469 e. The van der Waals surface area contributed by atoms with Crippen molar-refractivity contribution in [2.24, 2.45) is 10.9 Å². The highest BCUT2D eigenvalue weighted by molar-refractivity contribution is 5.80. The quantitative estimate of drug-likeness (QED) is 0.574. The fourth-order valence-electron chi connectivity index (χ4n) is 2.80. The number of rotatable bonds is 7. The van der Waals surface area contributed by atoms with E-state index in [2.05, 4.69) is 29.5 Å². The van der Waals surface area contributed by atoms with Crippen LogP contribution in [0.25, 0.3) is 0 Å². The monoisotopic (exact) mass is 364 g/mol. The van der Waals surface area contributed by atoms with Crippen molar-refractivity contribution in [3.8, 4) is 0 Å². The van der Waals surface area contributed by atoms with Gasteiger partial charge in [-0.2, -0.15) is 0 Å². The maximum Gasteiger partial charge on any atom is 0.409 e. The molecule has 1 fully saturated rings. The lowest BCUT2D eigenvalue weighted by molar-refractivity contribution is 0.0963. The van der Waals surface area contributed by atoms with Crippen LogP contribution in [0, 0.1) is 5.92 Å². The number of nitrogens with one attached hydrogen (secondary N) is 2. The van der Waals surface area contributed by atoms with E-state index in [9.17, 15) is 4.79 Å². The summed E-state index contributed by atoms with van der Waals surface area (Å²) < 4.78 is 10.4. The molecule has 1 aromatic rings. The van der Waals surface area contributed by atoms with Crippen molar-refractivity contribution >= 4 is 12.1 Å². The third-order valence-electron chi connectivity index (χ3n) is 4.22. The smallest absolute Gasteiger partial charge is 0.409 e. The fraction of sp³-hybridized carbons (Fsp3) is 0.684. The zero-order chi connectivity index (χ0) is 18.8. The number of amides is 1. The lowest BCUT2D eigenvalue weighted by Crippen LogP contribution is -2.50. The number of hydrogen-bond donors (Lipinski definition) is 2. The van der Waals surface area contributed by atoms with Crippen molar-refractivity contribution in [3.05, 3.63) is 24.2 Å². The molecular formula is C19H32N4O3. The highest BCUT2D eigenvalue weighted by Crippen LogP contribution is 2.11. The first-order chi connectivity index (χ1) is 12.6. The van der Waals surface area contributed by atoms with E-state index >= 15 is 0 Å². The summed E-state index contributed by atoms with van der Waals surface area (Å²) in [6.07, 6.45) is 4.07. The second-order valence-corrected chi connectivity index (χ2v) is 6.94. The van der Waals surface area contributed by atoms with E-state index in [0.29, 0.717) is 31.7 Å². The van der Waals surface area contributed by atoms with Crippen LogP contribution in [-0.2, 0) is 11.2 Å². The van der Waals surface area contributed by atoms with Crippen LogP contribution >= 0.6 is 0 Å². The molecule has 1 saturated heterocycles. The Morgan fingerprint density at radius 3 is 2.81 bits per heavy atom. The van der Waals surface area contributed by atoms with Crippen molar-refractivity contribution in [1.82, 2.24) is 15.5 Å². The van der Waals surface area contributed by atoms with Gasteiger partial charge in [0.05, 0.1) is 12.9 Å². The van der Waals surface area contributed by atoms with E-state index in [1.165, 1.54) is 0 Å². The lowest BCUT2D eigenvalue weighted by Gasteiger charge is -2.32. The molecule has 1 aliphatic rings. The minimum atomic E-state index is -0.212. The molecule has 26 heavy (non-hydrogen) atoms. The molecule has 2 rings (SSSR count). The van der Waals surface area contributed by atoms with E-state index in [-0.39, 0.29) is 6.09 Å². The molecule has 0 unspecified atom stereocenters. The summed E-state index contributed by atoms with van der Waals surface area (Å²) in [6, 6.07) is 4.19. The van der Waals surface area contributed by atoms with E-state index in [1.807, 2.05) is 19.1 Å². The minimum Gasteiger partial charge on any atom is -0.469 e. The van der Waals surface area contributed by atoms with Crippen molar-refractivity contribution < 1.29 is 13.9 Å². The average molecular weight is 364 g/mol. The third kappa shape index (κ3) is 6.98. The standard InChI is InChI=1S/C19H32N4O3/c1-4-25-19(24)23-11-8-16(9-12-23)22-18(21-14-15(2)3)20-10-7-17-6-5-13-26-17/h5-6,13,15-16H,4,7-12,14H2,1-3H3,(H2,20,21,22). The third-order valence-corrected chi connectivity index (χ3v) is 4.22. The van der Waals surface area contributed by atoms with Gasteiger partial charge in [0.25, 0.3) is 0 Å². The predicted octanol–water partition coefficient (Wildman–Crippen LogP) is 2.63. The summed E-state index contributed by atoms with van der Waals surface area (Å²) in [5, 5.41) is 6.90. The normalized spacial score (nSPS) is 16.0. The Kier molecular flexibility index (Phi) is 8.31. The number of guanidine groups is 1. The van der Waals surface area contributed by atoms with Gasteiger partial charge in [-0.25, -0.2) is 4.79 Å². The Labute approximate surface area is 156 Å². The number of nitrogens with zero attached hydrogens (tertiary/aromatic N) is 2. The Morgan fingerprint density at radius 2 is 2.19 bits per heavy atom. The highest BCUT2D eigenvalue weighted by atomic mass is 16.6. The molecule has 7 heteroatoms. The first-order valence-corrected chi connectivity index (χ1v) is 9.57.